The first-order valence-corrected chi connectivity index (χ1v) is 5.15. The molecule has 1 aliphatic heterocycles. The zero-order chi connectivity index (χ0) is 11.5. The fourth-order valence-electron chi connectivity index (χ4n) is 1.38. The number of rotatable bonds is 4. The molecule has 0 aromatic heterocycles. The van der Waals surface area contributed by atoms with E-state index in [9.17, 15) is 9.59 Å². The van der Waals surface area contributed by atoms with E-state index >= 15 is 0 Å². The Morgan fingerprint density at radius 1 is 1.67 bits per heavy atom. The smallest absolute Gasteiger partial charge is 0.310 e. The summed E-state index contributed by atoms with van der Waals surface area (Å²) in [6.45, 7) is 4.38. The van der Waals surface area contributed by atoms with Crippen LogP contribution in [0.25, 0.3) is 0 Å². The number of hydrogen-bond donors (Lipinski definition) is 3. The van der Waals surface area contributed by atoms with Crippen molar-refractivity contribution in [1.29, 1.82) is 0 Å². The summed E-state index contributed by atoms with van der Waals surface area (Å²) in [4.78, 5) is 21.7. The molecule has 0 aromatic rings. The van der Waals surface area contributed by atoms with Gasteiger partial charge < -0.3 is 15.7 Å². The third-order valence-corrected chi connectivity index (χ3v) is 2.68. The van der Waals surface area contributed by atoms with E-state index in [0.29, 0.717) is 19.5 Å². The number of aliphatic carboxylic acids is 1. The molecule has 0 bridgehead atoms. The first-order chi connectivity index (χ1) is 6.92. The van der Waals surface area contributed by atoms with Crippen molar-refractivity contribution in [1.82, 2.24) is 10.6 Å². The zero-order valence-corrected chi connectivity index (χ0v) is 9.17. The van der Waals surface area contributed by atoms with Crippen molar-refractivity contribution >= 4 is 11.9 Å². The first-order valence-electron chi connectivity index (χ1n) is 5.15. The number of hydrogen-bond acceptors (Lipinski definition) is 3. The van der Waals surface area contributed by atoms with Crippen molar-refractivity contribution in [3.63, 3.8) is 0 Å². The minimum atomic E-state index is -0.810. The number of carboxylic acid groups (broad SMARTS) is 1. The summed E-state index contributed by atoms with van der Waals surface area (Å²) in [7, 11) is 0. The van der Waals surface area contributed by atoms with Crippen molar-refractivity contribution in [3.05, 3.63) is 0 Å². The number of carboxylic acids is 1. The van der Waals surface area contributed by atoms with E-state index in [0.717, 1.165) is 6.42 Å². The molecule has 15 heavy (non-hydrogen) atoms. The lowest BCUT2D eigenvalue weighted by molar-refractivity contribution is -0.146. The Bertz CT molecular complexity index is 253. The minimum Gasteiger partial charge on any atom is -0.481 e. The Balaban J connectivity index is 2.31. The van der Waals surface area contributed by atoms with E-state index in [4.69, 9.17) is 5.11 Å². The van der Waals surface area contributed by atoms with Gasteiger partial charge in [0.25, 0.3) is 0 Å². The molecule has 1 amide bonds. The van der Waals surface area contributed by atoms with Crippen molar-refractivity contribution in [2.45, 2.75) is 32.7 Å². The molecular formula is C10H18N2O3. The third kappa shape index (κ3) is 3.51. The summed E-state index contributed by atoms with van der Waals surface area (Å²) in [6.07, 6.45) is 1.30. The van der Waals surface area contributed by atoms with Crippen LogP contribution in [0.2, 0.25) is 0 Å². The van der Waals surface area contributed by atoms with Crippen LogP contribution in [0, 0.1) is 5.41 Å². The molecule has 0 spiro atoms. The molecular weight excluding hydrogens is 196 g/mol. The van der Waals surface area contributed by atoms with Gasteiger partial charge in [-0.2, -0.15) is 0 Å². The molecule has 3 N–H and O–H groups in total. The Morgan fingerprint density at radius 2 is 2.33 bits per heavy atom. The molecule has 0 aromatic carbocycles. The van der Waals surface area contributed by atoms with Gasteiger partial charge in [0.1, 0.15) is 0 Å². The van der Waals surface area contributed by atoms with Gasteiger partial charge in [-0.1, -0.05) is 0 Å². The van der Waals surface area contributed by atoms with Crippen LogP contribution >= 0.6 is 0 Å². The fraction of sp³-hybridized carbons (Fsp3) is 0.800. The van der Waals surface area contributed by atoms with E-state index in [1.807, 2.05) is 0 Å². The normalized spacial score (nSPS) is 22.3. The Labute approximate surface area is 89.2 Å². The zero-order valence-electron chi connectivity index (χ0n) is 9.17. The van der Waals surface area contributed by atoms with Crippen molar-refractivity contribution in [2.24, 2.45) is 5.41 Å². The van der Waals surface area contributed by atoms with Crippen LogP contribution in [0.3, 0.4) is 0 Å². The fourth-order valence-corrected chi connectivity index (χ4v) is 1.38. The number of carbonyl (C=O) groups excluding carboxylic acids is 1. The molecule has 5 nitrogen and oxygen atoms in total. The molecule has 1 rings (SSSR count). The molecule has 1 fully saturated rings. The summed E-state index contributed by atoms with van der Waals surface area (Å²) >= 11 is 0. The molecule has 0 aliphatic carbocycles. The van der Waals surface area contributed by atoms with Gasteiger partial charge in [-0.05, 0) is 20.3 Å². The van der Waals surface area contributed by atoms with Gasteiger partial charge in [0.05, 0.1) is 5.41 Å². The first kappa shape index (κ1) is 12.0. The van der Waals surface area contributed by atoms with Gasteiger partial charge in [-0.3, -0.25) is 9.59 Å². The average molecular weight is 214 g/mol. The SMILES string of the molecule is CC(C)(CNC1CCC(=O)NC1)C(=O)O. The molecule has 0 radical (unpaired) electrons. The predicted molar refractivity (Wildman–Crippen MR) is 55.5 cm³/mol. The Morgan fingerprint density at radius 3 is 2.80 bits per heavy atom. The second-order valence-corrected chi connectivity index (χ2v) is 4.61. The number of nitrogens with one attached hydrogen (secondary N) is 2. The number of carbonyl (C=O) groups is 2. The summed E-state index contributed by atoms with van der Waals surface area (Å²) in [5.74, 6) is -0.736. The molecule has 1 atom stereocenters. The van der Waals surface area contributed by atoms with Crippen LogP contribution in [-0.2, 0) is 9.59 Å². The van der Waals surface area contributed by atoms with Crippen LogP contribution in [-0.4, -0.2) is 36.1 Å². The number of piperidine rings is 1. The maximum absolute atomic E-state index is 10.9. The van der Waals surface area contributed by atoms with Gasteiger partial charge in [0.15, 0.2) is 0 Å². The summed E-state index contributed by atoms with van der Waals surface area (Å²) in [6, 6.07) is 0.196. The molecule has 0 saturated carbocycles. The van der Waals surface area contributed by atoms with E-state index in [1.54, 1.807) is 13.8 Å². The highest BCUT2D eigenvalue weighted by Crippen LogP contribution is 2.14. The maximum Gasteiger partial charge on any atom is 0.310 e. The van der Waals surface area contributed by atoms with E-state index < -0.39 is 11.4 Å². The van der Waals surface area contributed by atoms with Crippen LogP contribution in [0.4, 0.5) is 0 Å². The van der Waals surface area contributed by atoms with Crippen molar-refractivity contribution in [2.75, 3.05) is 13.1 Å². The Hall–Kier alpha value is -1.10. The minimum absolute atomic E-state index is 0.0746. The van der Waals surface area contributed by atoms with Gasteiger partial charge >= 0.3 is 5.97 Å². The van der Waals surface area contributed by atoms with Crippen LogP contribution in [0.15, 0.2) is 0 Å². The summed E-state index contributed by atoms with van der Waals surface area (Å²) in [5, 5.41) is 14.8. The van der Waals surface area contributed by atoms with Gasteiger partial charge in [0.2, 0.25) is 5.91 Å². The van der Waals surface area contributed by atoms with Gasteiger partial charge in [-0.25, -0.2) is 0 Å². The largest absolute Gasteiger partial charge is 0.481 e. The molecule has 1 unspecified atom stereocenters. The maximum atomic E-state index is 10.9. The predicted octanol–water partition coefficient (Wildman–Crippen LogP) is -0.0346. The molecule has 5 heteroatoms. The Kier molecular flexibility index (Phi) is 3.68. The van der Waals surface area contributed by atoms with Crippen LogP contribution < -0.4 is 10.6 Å². The van der Waals surface area contributed by atoms with Gasteiger partial charge in [-0.15, -0.1) is 0 Å². The van der Waals surface area contributed by atoms with Crippen LogP contribution in [0.5, 0.6) is 0 Å². The topological polar surface area (TPSA) is 78.4 Å². The lowest BCUT2D eigenvalue weighted by Crippen LogP contribution is -2.49. The van der Waals surface area contributed by atoms with E-state index in [-0.39, 0.29) is 11.9 Å². The third-order valence-electron chi connectivity index (χ3n) is 2.68. The molecule has 1 saturated heterocycles. The lowest BCUT2D eigenvalue weighted by Gasteiger charge is -2.27. The standard InChI is InChI=1S/C10H18N2O3/c1-10(2,9(14)15)6-12-7-3-4-8(13)11-5-7/h7,12H,3-6H2,1-2H3,(H,11,13)(H,14,15). The summed E-state index contributed by atoms with van der Waals surface area (Å²) < 4.78 is 0. The van der Waals surface area contributed by atoms with Gasteiger partial charge in [0, 0.05) is 25.6 Å². The quantitative estimate of drug-likeness (QED) is 0.614. The number of amides is 1. The highest BCUT2D eigenvalue weighted by Gasteiger charge is 2.28. The van der Waals surface area contributed by atoms with Crippen molar-refractivity contribution in [3.8, 4) is 0 Å². The second-order valence-electron chi connectivity index (χ2n) is 4.61. The van der Waals surface area contributed by atoms with E-state index in [1.165, 1.54) is 0 Å². The molecule has 1 aliphatic rings. The summed E-state index contributed by atoms with van der Waals surface area (Å²) in [5.41, 5.74) is -0.762. The second kappa shape index (κ2) is 4.61. The highest BCUT2D eigenvalue weighted by atomic mass is 16.4. The van der Waals surface area contributed by atoms with E-state index in [2.05, 4.69) is 10.6 Å². The lowest BCUT2D eigenvalue weighted by atomic mass is 9.93. The molecule has 1 heterocycles. The molecule has 86 valence electrons. The van der Waals surface area contributed by atoms with Crippen molar-refractivity contribution < 1.29 is 14.7 Å². The monoisotopic (exact) mass is 214 g/mol. The average Bonchev–Trinajstić information content (AvgIpc) is 2.17. The van der Waals surface area contributed by atoms with Crippen LogP contribution in [0.1, 0.15) is 26.7 Å². The highest BCUT2D eigenvalue weighted by molar-refractivity contribution is 5.76.